The monoisotopic (exact) mass is 265 g/mol. The van der Waals surface area contributed by atoms with Gasteiger partial charge in [-0.15, -0.1) is 5.10 Å². The van der Waals surface area contributed by atoms with Gasteiger partial charge in [-0.2, -0.15) is 5.10 Å². The average molecular weight is 265 g/mol. The quantitative estimate of drug-likeness (QED) is 0.902. The summed E-state index contributed by atoms with van der Waals surface area (Å²) in [6.45, 7) is 3.46. The van der Waals surface area contributed by atoms with E-state index in [2.05, 4.69) is 15.5 Å². The van der Waals surface area contributed by atoms with Crippen LogP contribution in [0.1, 0.15) is 12.6 Å². The van der Waals surface area contributed by atoms with Crippen molar-refractivity contribution in [1.82, 2.24) is 15.5 Å². The lowest BCUT2D eigenvalue weighted by Gasteiger charge is -2.05. The van der Waals surface area contributed by atoms with Gasteiger partial charge in [0.2, 0.25) is 5.88 Å². The smallest absolute Gasteiger partial charge is 0.238 e. The van der Waals surface area contributed by atoms with Gasteiger partial charge in [-0.3, -0.25) is 0 Å². The zero-order chi connectivity index (χ0) is 13.7. The van der Waals surface area contributed by atoms with Crippen molar-refractivity contribution in [3.8, 4) is 11.6 Å². The summed E-state index contributed by atoms with van der Waals surface area (Å²) in [5.41, 5.74) is 0.777. The largest absolute Gasteiger partial charge is 0.437 e. The summed E-state index contributed by atoms with van der Waals surface area (Å²) < 4.78 is 31.0. The van der Waals surface area contributed by atoms with Gasteiger partial charge in [0.05, 0.1) is 5.69 Å². The average Bonchev–Trinajstić information content (AvgIpc) is 2.42. The summed E-state index contributed by atoms with van der Waals surface area (Å²) in [5, 5.41) is 10.9. The molecule has 0 unspecified atom stereocenters. The highest BCUT2D eigenvalue weighted by molar-refractivity contribution is 5.27. The molecule has 0 aliphatic carbocycles. The minimum absolute atomic E-state index is 0.174. The second kappa shape index (κ2) is 6.19. The number of aromatic nitrogens is 2. The summed E-state index contributed by atoms with van der Waals surface area (Å²) in [4.78, 5) is 0. The fourth-order valence-corrected chi connectivity index (χ4v) is 1.41. The van der Waals surface area contributed by atoms with Crippen LogP contribution in [0.15, 0.2) is 30.3 Å². The van der Waals surface area contributed by atoms with Gasteiger partial charge in [-0.05, 0) is 24.7 Å². The van der Waals surface area contributed by atoms with Crippen LogP contribution in [0.25, 0.3) is 0 Å². The van der Waals surface area contributed by atoms with E-state index in [0.717, 1.165) is 24.4 Å². The van der Waals surface area contributed by atoms with E-state index in [-0.39, 0.29) is 11.6 Å². The molecule has 1 N–H and O–H groups in total. The van der Waals surface area contributed by atoms with Gasteiger partial charge in [0, 0.05) is 18.7 Å². The van der Waals surface area contributed by atoms with E-state index in [0.29, 0.717) is 6.54 Å². The van der Waals surface area contributed by atoms with E-state index < -0.39 is 11.6 Å². The predicted molar refractivity (Wildman–Crippen MR) is 65.8 cm³/mol. The molecule has 6 heteroatoms. The van der Waals surface area contributed by atoms with E-state index in [1.165, 1.54) is 6.07 Å². The van der Waals surface area contributed by atoms with Gasteiger partial charge in [-0.25, -0.2) is 8.78 Å². The molecule has 0 atom stereocenters. The molecule has 0 aliphatic rings. The van der Waals surface area contributed by atoms with Crippen LogP contribution in [0.2, 0.25) is 0 Å². The molecular weight excluding hydrogens is 252 g/mol. The third kappa shape index (κ3) is 3.69. The number of nitrogens with zero attached hydrogens (tertiary/aromatic N) is 2. The van der Waals surface area contributed by atoms with Gasteiger partial charge in [-0.1, -0.05) is 6.92 Å². The molecule has 0 aliphatic heterocycles. The minimum Gasteiger partial charge on any atom is -0.437 e. The Hall–Kier alpha value is -2.08. The minimum atomic E-state index is -0.964. The first kappa shape index (κ1) is 13.4. The lowest BCUT2D eigenvalue weighted by molar-refractivity contribution is 0.440. The molecule has 100 valence electrons. The summed E-state index contributed by atoms with van der Waals surface area (Å²) in [5.74, 6) is -1.48. The van der Waals surface area contributed by atoms with Gasteiger partial charge in [0.25, 0.3) is 0 Å². The van der Waals surface area contributed by atoms with Crippen LogP contribution in [0, 0.1) is 11.6 Å². The van der Waals surface area contributed by atoms with E-state index in [4.69, 9.17) is 4.74 Å². The molecule has 1 aromatic heterocycles. The van der Waals surface area contributed by atoms with Gasteiger partial charge in [0.15, 0.2) is 11.6 Å². The van der Waals surface area contributed by atoms with Crippen LogP contribution in [-0.4, -0.2) is 16.7 Å². The summed E-state index contributed by atoms with van der Waals surface area (Å²) in [7, 11) is 0. The molecule has 0 saturated carbocycles. The Kier molecular flexibility index (Phi) is 4.35. The van der Waals surface area contributed by atoms with E-state index in [9.17, 15) is 8.78 Å². The Bertz CT molecular complexity index is 546. The summed E-state index contributed by atoms with van der Waals surface area (Å²) in [6.07, 6.45) is 0. The zero-order valence-corrected chi connectivity index (χ0v) is 10.4. The topological polar surface area (TPSA) is 47.0 Å². The van der Waals surface area contributed by atoms with E-state index >= 15 is 0 Å². The van der Waals surface area contributed by atoms with Crippen molar-refractivity contribution in [2.75, 3.05) is 6.54 Å². The van der Waals surface area contributed by atoms with E-state index in [1.807, 2.05) is 6.92 Å². The molecular formula is C13H13F2N3O. The van der Waals surface area contributed by atoms with Crippen LogP contribution in [0.4, 0.5) is 8.78 Å². The highest BCUT2D eigenvalue weighted by atomic mass is 19.2. The summed E-state index contributed by atoms with van der Waals surface area (Å²) in [6, 6.07) is 6.67. The molecule has 0 amide bonds. The molecule has 4 nitrogen and oxygen atoms in total. The molecule has 1 aromatic carbocycles. The van der Waals surface area contributed by atoms with Crippen molar-refractivity contribution >= 4 is 0 Å². The first-order chi connectivity index (χ1) is 9.19. The number of hydrogen-bond donors (Lipinski definition) is 1. The Balaban J connectivity index is 2.04. The Morgan fingerprint density at radius 1 is 1.11 bits per heavy atom. The van der Waals surface area contributed by atoms with Gasteiger partial charge < -0.3 is 10.1 Å². The van der Waals surface area contributed by atoms with Crippen LogP contribution in [0.3, 0.4) is 0 Å². The van der Waals surface area contributed by atoms with E-state index in [1.54, 1.807) is 12.1 Å². The molecule has 2 aromatic rings. The summed E-state index contributed by atoms with van der Waals surface area (Å²) >= 11 is 0. The highest BCUT2D eigenvalue weighted by Crippen LogP contribution is 2.20. The third-order valence-electron chi connectivity index (χ3n) is 2.36. The maximum absolute atomic E-state index is 13.0. The van der Waals surface area contributed by atoms with Crippen molar-refractivity contribution in [2.45, 2.75) is 13.5 Å². The Morgan fingerprint density at radius 3 is 2.58 bits per heavy atom. The highest BCUT2D eigenvalue weighted by Gasteiger charge is 2.05. The van der Waals surface area contributed by atoms with Crippen molar-refractivity contribution in [3.05, 3.63) is 47.7 Å². The Morgan fingerprint density at radius 2 is 1.95 bits per heavy atom. The van der Waals surface area contributed by atoms with Crippen LogP contribution >= 0.6 is 0 Å². The van der Waals surface area contributed by atoms with Crippen molar-refractivity contribution in [3.63, 3.8) is 0 Å². The number of nitrogens with one attached hydrogen (secondary N) is 1. The zero-order valence-electron chi connectivity index (χ0n) is 10.4. The lowest BCUT2D eigenvalue weighted by atomic mass is 10.3. The second-order valence-electron chi connectivity index (χ2n) is 3.82. The van der Waals surface area contributed by atoms with Crippen LogP contribution in [-0.2, 0) is 6.54 Å². The Labute approximate surface area is 109 Å². The number of rotatable bonds is 5. The molecule has 0 saturated heterocycles. The second-order valence-corrected chi connectivity index (χ2v) is 3.82. The standard InChI is InChI=1S/C13H13F2N3O/c1-2-16-8-9-3-6-13(18-17-9)19-10-4-5-11(14)12(15)7-10/h3-7,16H,2,8H2,1H3. The molecule has 0 spiro atoms. The number of benzene rings is 1. The number of halogens is 2. The van der Waals surface area contributed by atoms with Crippen molar-refractivity contribution in [2.24, 2.45) is 0 Å². The van der Waals surface area contributed by atoms with Crippen molar-refractivity contribution in [1.29, 1.82) is 0 Å². The van der Waals surface area contributed by atoms with Gasteiger partial charge >= 0.3 is 0 Å². The fourth-order valence-electron chi connectivity index (χ4n) is 1.41. The number of hydrogen-bond acceptors (Lipinski definition) is 4. The molecule has 0 bridgehead atoms. The lowest BCUT2D eigenvalue weighted by Crippen LogP contribution is -2.13. The van der Waals surface area contributed by atoms with Crippen LogP contribution in [0.5, 0.6) is 11.6 Å². The molecule has 2 rings (SSSR count). The normalized spacial score (nSPS) is 10.5. The SMILES string of the molecule is CCNCc1ccc(Oc2ccc(F)c(F)c2)nn1. The first-order valence-corrected chi connectivity index (χ1v) is 5.85. The van der Waals surface area contributed by atoms with Crippen molar-refractivity contribution < 1.29 is 13.5 Å². The molecule has 0 fully saturated rings. The fraction of sp³-hybridized carbons (Fsp3) is 0.231. The first-order valence-electron chi connectivity index (χ1n) is 5.85. The maximum atomic E-state index is 13.0. The van der Waals surface area contributed by atoms with Gasteiger partial charge in [0.1, 0.15) is 5.75 Å². The molecule has 0 radical (unpaired) electrons. The molecule has 1 heterocycles. The number of ether oxygens (including phenoxy) is 1. The third-order valence-corrected chi connectivity index (χ3v) is 2.36. The van der Waals surface area contributed by atoms with Crippen LogP contribution < -0.4 is 10.1 Å². The predicted octanol–water partition coefficient (Wildman–Crippen LogP) is 2.66. The maximum Gasteiger partial charge on any atom is 0.238 e. The molecule has 19 heavy (non-hydrogen) atoms.